The summed E-state index contributed by atoms with van der Waals surface area (Å²) in [5.41, 5.74) is 0.618. The zero-order valence-corrected chi connectivity index (χ0v) is 14.0. The van der Waals surface area contributed by atoms with Gasteiger partial charge in [-0.25, -0.2) is 9.48 Å². The maximum Gasteiger partial charge on any atom is 0.342 e. The lowest BCUT2D eigenvalue weighted by Crippen LogP contribution is -2.22. The van der Waals surface area contributed by atoms with Gasteiger partial charge in [0.15, 0.2) is 0 Å². The molecule has 8 heteroatoms. The highest BCUT2D eigenvalue weighted by molar-refractivity contribution is 6.76. The number of aromatic nitrogens is 2. The average molecular weight is 313 g/mol. The zero-order chi connectivity index (χ0) is 15.9. The molecule has 7 nitrogen and oxygen atoms in total. The summed E-state index contributed by atoms with van der Waals surface area (Å²) in [6.07, 6.45) is 2.54. The summed E-state index contributed by atoms with van der Waals surface area (Å²) in [5.74, 6) is -0.499. The lowest BCUT2D eigenvalue weighted by Gasteiger charge is -2.15. The number of nitrogens with zero attached hydrogens (tertiary/aromatic N) is 3. The molecule has 0 saturated carbocycles. The van der Waals surface area contributed by atoms with Crippen LogP contribution in [0.1, 0.15) is 23.0 Å². The molecule has 0 aliphatic rings. The first-order chi connectivity index (χ1) is 9.89. The SMILES string of the molecule is CCOC(=O)c1cnn(COCC[Si](C)(C)C)c1C=NO. The van der Waals surface area contributed by atoms with Crippen molar-refractivity contribution in [2.75, 3.05) is 13.2 Å². The van der Waals surface area contributed by atoms with Gasteiger partial charge in [-0.1, -0.05) is 24.8 Å². The Morgan fingerprint density at radius 1 is 1.52 bits per heavy atom. The van der Waals surface area contributed by atoms with Gasteiger partial charge in [0.1, 0.15) is 12.3 Å². The fraction of sp³-hybridized carbons (Fsp3) is 0.615. The van der Waals surface area contributed by atoms with Gasteiger partial charge >= 0.3 is 5.97 Å². The molecule has 0 aliphatic heterocycles. The van der Waals surface area contributed by atoms with Gasteiger partial charge in [-0.05, 0) is 13.0 Å². The van der Waals surface area contributed by atoms with Gasteiger partial charge in [0.05, 0.1) is 24.7 Å². The largest absolute Gasteiger partial charge is 0.462 e. The highest BCUT2D eigenvalue weighted by Gasteiger charge is 2.18. The Kier molecular flexibility index (Phi) is 6.57. The van der Waals surface area contributed by atoms with Crippen molar-refractivity contribution in [2.24, 2.45) is 5.16 Å². The van der Waals surface area contributed by atoms with E-state index in [0.29, 0.717) is 12.3 Å². The lowest BCUT2D eigenvalue weighted by molar-refractivity contribution is 0.0524. The molecule has 0 aliphatic carbocycles. The second kappa shape index (κ2) is 7.94. The number of carbonyl (C=O) groups excluding carboxylic acids is 1. The molecular weight excluding hydrogens is 290 g/mol. The van der Waals surface area contributed by atoms with E-state index in [1.165, 1.54) is 10.9 Å². The first-order valence-electron chi connectivity index (χ1n) is 6.87. The molecule has 0 radical (unpaired) electrons. The van der Waals surface area contributed by atoms with Crippen LogP contribution in [0.5, 0.6) is 0 Å². The maximum atomic E-state index is 11.8. The van der Waals surface area contributed by atoms with Crippen molar-refractivity contribution < 1.29 is 19.5 Å². The molecule has 118 valence electrons. The van der Waals surface area contributed by atoms with Gasteiger partial charge in [-0.3, -0.25) is 0 Å². The van der Waals surface area contributed by atoms with Crippen LogP contribution in [-0.4, -0.2) is 48.5 Å². The molecule has 1 aromatic rings. The Morgan fingerprint density at radius 2 is 2.24 bits per heavy atom. The van der Waals surface area contributed by atoms with E-state index in [9.17, 15) is 4.79 Å². The molecule has 0 saturated heterocycles. The first-order valence-corrected chi connectivity index (χ1v) is 10.6. The molecule has 0 bridgehead atoms. The summed E-state index contributed by atoms with van der Waals surface area (Å²) in [4.78, 5) is 11.8. The molecule has 0 spiro atoms. The highest BCUT2D eigenvalue weighted by Crippen LogP contribution is 2.11. The second-order valence-corrected chi connectivity index (χ2v) is 11.4. The quantitative estimate of drug-likeness (QED) is 0.198. The zero-order valence-electron chi connectivity index (χ0n) is 13.0. The van der Waals surface area contributed by atoms with E-state index < -0.39 is 14.0 Å². The number of rotatable bonds is 8. The van der Waals surface area contributed by atoms with Crippen LogP contribution in [0.4, 0.5) is 0 Å². The van der Waals surface area contributed by atoms with E-state index in [-0.39, 0.29) is 18.9 Å². The van der Waals surface area contributed by atoms with Crippen LogP contribution in [0.15, 0.2) is 11.4 Å². The van der Waals surface area contributed by atoms with Crippen LogP contribution in [-0.2, 0) is 16.2 Å². The van der Waals surface area contributed by atoms with Crippen LogP contribution in [0.2, 0.25) is 25.7 Å². The summed E-state index contributed by atoms with van der Waals surface area (Å²) in [5, 5.41) is 15.8. The van der Waals surface area contributed by atoms with Gasteiger partial charge in [0.2, 0.25) is 0 Å². The monoisotopic (exact) mass is 313 g/mol. The molecule has 1 N–H and O–H groups in total. The summed E-state index contributed by atoms with van der Waals surface area (Å²) >= 11 is 0. The number of hydrogen-bond donors (Lipinski definition) is 1. The maximum absolute atomic E-state index is 11.8. The number of ether oxygens (including phenoxy) is 2. The average Bonchev–Trinajstić information content (AvgIpc) is 2.78. The summed E-state index contributed by atoms with van der Waals surface area (Å²) in [6, 6.07) is 1.04. The topological polar surface area (TPSA) is 85.9 Å². The molecule has 0 aromatic carbocycles. The molecule has 0 unspecified atom stereocenters. The van der Waals surface area contributed by atoms with Crippen molar-refractivity contribution in [3.05, 3.63) is 17.5 Å². The smallest absolute Gasteiger partial charge is 0.342 e. The van der Waals surface area contributed by atoms with Gasteiger partial charge in [-0.2, -0.15) is 5.10 Å². The van der Waals surface area contributed by atoms with E-state index in [4.69, 9.17) is 14.7 Å². The third kappa shape index (κ3) is 5.68. The van der Waals surface area contributed by atoms with Crippen molar-refractivity contribution in [3.8, 4) is 0 Å². The molecule has 1 rings (SSSR count). The van der Waals surface area contributed by atoms with Crippen LogP contribution in [0, 0.1) is 0 Å². The van der Waals surface area contributed by atoms with E-state index in [1.807, 2.05) is 0 Å². The van der Waals surface area contributed by atoms with Crippen molar-refractivity contribution >= 4 is 20.3 Å². The van der Waals surface area contributed by atoms with Crippen molar-refractivity contribution in [2.45, 2.75) is 39.3 Å². The summed E-state index contributed by atoms with van der Waals surface area (Å²) < 4.78 is 12.0. The molecule has 1 aromatic heterocycles. The Morgan fingerprint density at radius 3 is 2.81 bits per heavy atom. The molecule has 21 heavy (non-hydrogen) atoms. The minimum atomic E-state index is -1.14. The van der Waals surface area contributed by atoms with Gasteiger partial charge in [0.25, 0.3) is 0 Å². The van der Waals surface area contributed by atoms with E-state index in [0.717, 1.165) is 12.3 Å². The van der Waals surface area contributed by atoms with Crippen LogP contribution in [0.25, 0.3) is 0 Å². The Labute approximate surface area is 125 Å². The van der Waals surface area contributed by atoms with Crippen LogP contribution >= 0.6 is 0 Å². The number of hydrogen-bond acceptors (Lipinski definition) is 6. The van der Waals surface area contributed by atoms with Gasteiger partial charge in [-0.15, -0.1) is 0 Å². The van der Waals surface area contributed by atoms with Crippen molar-refractivity contribution in [1.82, 2.24) is 9.78 Å². The normalized spacial score (nSPS) is 12.0. The molecule has 0 atom stereocenters. The first kappa shape index (κ1) is 17.4. The third-order valence-electron chi connectivity index (χ3n) is 2.77. The second-order valence-electron chi connectivity index (χ2n) is 5.76. The lowest BCUT2D eigenvalue weighted by atomic mass is 10.2. The Bertz CT molecular complexity index is 494. The van der Waals surface area contributed by atoms with Crippen molar-refractivity contribution in [1.29, 1.82) is 0 Å². The highest BCUT2D eigenvalue weighted by atomic mass is 28.3. The molecule has 1 heterocycles. The molecule has 0 fully saturated rings. The number of carbonyl (C=O) groups is 1. The predicted molar refractivity (Wildman–Crippen MR) is 81.7 cm³/mol. The van der Waals surface area contributed by atoms with E-state index in [1.54, 1.807) is 6.92 Å². The van der Waals surface area contributed by atoms with Crippen LogP contribution in [0.3, 0.4) is 0 Å². The van der Waals surface area contributed by atoms with Gasteiger partial charge in [0, 0.05) is 14.7 Å². The summed E-state index contributed by atoms with van der Waals surface area (Å²) in [6.45, 7) is 9.65. The predicted octanol–water partition coefficient (Wildman–Crippen LogP) is 2.18. The minimum Gasteiger partial charge on any atom is -0.462 e. The Hall–Kier alpha value is -1.67. The third-order valence-corrected chi connectivity index (χ3v) is 4.47. The van der Waals surface area contributed by atoms with E-state index >= 15 is 0 Å². The number of oxime groups is 1. The van der Waals surface area contributed by atoms with Crippen molar-refractivity contribution in [3.63, 3.8) is 0 Å². The fourth-order valence-electron chi connectivity index (χ4n) is 1.58. The van der Waals surface area contributed by atoms with E-state index in [2.05, 4.69) is 29.9 Å². The molecule has 0 amide bonds. The molecular formula is C13H23N3O4Si. The van der Waals surface area contributed by atoms with Gasteiger partial charge < -0.3 is 14.7 Å². The Balaban J connectivity index is 2.72. The summed E-state index contributed by atoms with van der Waals surface area (Å²) in [7, 11) is -1.14. The fourth-order valence-corrected chi connectivity index (χ4v) is 2.34. The van der Waals surface area contributed by atoms with Crippen LogP contribution < -0.4 is 0 Å². The standard InChI is InChI=1S/C13H23N3O4Si/c1-5-20-13(17)11-8-14-16(12(11)9-15-18)10-19-6-7-21(2,3)4/h8-9,18H,5-7,10H2,1-4H3. The minimum absolute atomic E-state index is 0.200. The number of esters is 1.